The summed E-state index contributed by atoms with van der Waals surface area (Å²) in [6, 6.07) is 19.5. The summed E-state index contributed by atoms with van der Waals surface area (Å²) in [6.07, 6.45) is 0. The second-order valence-corrected chi connectivity index (χ2v) is 8.48. The maximum Gasteiger partial charge on any atom is 0.338 e. The van der Waals surface area contributed by atoms with E-state index >= 15 is 0 Å². The molecule has 0 amide bonds. The number of benzene rings is 3. The average molecular weight is 431 g/mol. The van der Waals surface area contributed by atoms with Gasteiger partial charge in [-0.25, -0.2) is 9.59 Å². The Morgan fingerprint density at radius 1 is 0.594 bits per heavy atom. The van der Waals surface area contributed by atoms with Crippen LogP contribution in [0, 0.1) is 0 Å². The molecule has 0 spiro atoms. The van der Waals surface area contributed by atoms with Gasteiger partial charge in [0, 0.05) is 0 Å². The van der Waals surface area contributed by atoms with E-state index in [9.17, 15) is 9.59 Å². The fourth-order valence-corrected chi connectivity index (χ4v) is 3.73. The Balaban J connectivity index is 2.24. The highest BCUT2D eigenvalue weighted by molar-refractivity contribution is 6.05. The predicted octanol–water partition coefficient (Wildman–Crippen LogP) is 6.84. The molecule has 0 aliphatic carbocycles. The third-order valence-corrected chi connectivity index (χ3v) is 5.75. The molecule has 0 bridgehead atoms. The molecule has 0 aromatic heterocycles. The minimum atomic E-state index is -0.454. The smallest absolute Gasteiger partial charge is 0.338 e. The molecular weight excluding hydrogens is 400 g/mol. The minimum Gasteiger partial charge on any atom is -0.465 e. The number of methoxy groups -OCH3 is 2. The summed E-state index contributed by atoms with van der Waals surface area (Å²) in [5.41, 5.74) is 6.14. The molecule has 0 unspecified atom stereocenters. The number of ether oxygens (including phenoxy) is 2. The summed E-state index contributed by atoms with van der Waals surface area (Å²) in [4.78, 5) is 25.4. The van der Waals surface area contributed by atoms with Crippen molar-refractivity contribution in [2.75, 3.05) is 14.2 Å². The van der Waals surface area contributed by atoms with E-state index < -0.39 is 11.9 Å². The van der Waals surface area contributed by atoms with E-state index in [4.69, 9.17) is 9.47 Å². The van der Waals surface area contributed by atoms with Crippen molar-refractivity contribution in [2.45, 2.75) is 39.5 Å². The molecule has 0 atom stereocenters. The summed E-state index contributed by atoms with van der Waals surface area (Å²) < 4.78 is 10.1. The summed E-state index contributed by atoms with van der Waals surface area (Å²) in [6.45, 7) is 8.51. The molecular formula is C28H30O4. The fraction of sp³-hybridized carbons (Fsp3) is 0.286. The van der Waals surface area contributed by atoms with Gasteiger partial charge >= 0.3 is 11.9 Å². The van der Waals surface area contributed by atoms with Gasteiger partial charge in [-0.1, -0.05) is 76.2 Å². The van der Waals surface area contributed by atoms with Crippen LogP contribution in [0.4, 0.5) is 0 Å². The average Bonchev–Trinajstić information content (AvgIpc) is 2.82. The molecule has 0 heterocycles. The third-order valence-electron chi connectivity index (χ3n) is 5.75. The lowest BCUT2D eigenvalue weighted by atomic mass is 9.89. The van der Waals surface area contributed by atoms with E-state index in [-0.39, 0.29) is 0 Å². The van der Waals surface area contributed by atoms with Gasteiger partial charge in [0.25, 0.3) is 0 Å². The van der Waals surface area contributed by atoms with Crippen molar-refractivity contribution in [1.29, 1.82) is 0 Å². The molecule has 0 fully saturated rings. The Labute approximate surface area is 190 Å². The van der Waals surface area contributed by atoms with E-state index in [1.165, 1.54) is 25.3 Å². The van der Waals surface area contributed by atoms with E-state index in [2.05, 4.69) is 27.7 Å². The predicted molar refractivity (Wildman–Crippen MR) is 128 cm³/mol. The molecule has 3 rings (SSSR count). The molecule has 0 radical (unpaired) electrons. The van der Waals surface area contributed by atoms with Crippen molar-refractivity contribution >= 4 is 11.9 Å². The first-order chi connectivity index (χ1) is 15.3. The first kappa shape index (κ1) is 23.3. The first-order valence-electron chi connectivity index (χ1n) is 10.8. The number of hydrogen-bond acceptors (Lipinski definition) is 4. The van der Waals surface area contributed by atoms with E-state index in [1.54, 1.807) is 12.1 Å². The largest absolute Gasteiger partial charge is 0.465 e. The van der Waals surface area contributed by atoms with Crippen LogP contribution in [0.3, 0.4) is 0 Å². The Bertz CT molecular complexity index is 1020. The molecule has 166 valence electrons. The number of rotatable bonds is 6. The standard InChI is InChI=1S/C28H30O4/c1-17(2)19-7-11-21(12-8-19)23-15-26(28(30)32-6)24(16-25(23)27(29)31-5)22-13-9-20(10-14-22)18(3)4/h7-18H,1-6H3. The van der Waals surface area contributed by atoms with Gasteiger partial charge in [0.2, 0.25) is 0 Å². The van der Waals surface area contributed by atoms with Crippen molar-refractivity contribution in [1.82, 2.24) is 0 Å². The molecule has 4 nitrogen and oxygen atoms in total. The van der Waals surface area contributed by atoms with Crippen LogP contribution in [0.2, 0.25) is 0 Å². The zero-order valence-electron chi connectivity index (χ0n) is 19.6. The molecule has 0 N–H and O–H groups in total. The minimum absolute atomic E-state index is 0.394. The van der Waals surface area contributed by atoms with Crippen molar-refractivity contribution < 1.29 is 19.1 Å². The molecule has 3 aromatic rings. The SMILES string of the molecule is COC(=O)c1cc(-c2ccc(C(C)C)cc2)c(C(=O)OC)cc1-c1ccc(C(C)C)cc1. The number of carbonyl (C=O) groups excluding carboxylic acids is 2. The molecule has 4 heteroatoms. The lowest BCUT2D eigenvalue weighted by molar-refractivity contribution is 0.0588. The second kappa shape index (κ2) is 9.82. The zero-order chi connectivity index (χ0) is 23.4. The number of esters is 2. The number of carbonyl (C=O) groups is 2. The molecule has 0 saturated carbocycles. The van der Waals surface area contributed by atoms with Crippen LogP contribution in [0.15, 0.2) is 60.7 Å². The maximum atomic E-state index is 12.7. The highest BCUT2D eigenvalue weighted by atomic mass is 16.5. The summed E-state index contributed by atoms with van der Waals surface area (Å²) in [5, 5.41) is 0. The highest BCUT2D eigenvalue weighted by Crippen LogP contribution is 2.34. The van der Waals surface area contributed by atoms with Crippen LogP contribution in [0.25, 0.3) is 22.3 Å². The first-order valence-corrected chi connectivity index (χ1v) is 10.8. The quantitative estimate of drug-likeness (QED) is 0.402. The van der Waals surface area contributed by atoms with Gasteiger partial charge in [0.05, 0.1) is 25.3 Å². The van der Waals surface area contributed by atoms with Crippen LogP contribution in [-0.2, 0) is 9.47 Å². The Morgan fingerprint density at radius 3 is 1.16 bits per heavy atom. The van der Waals surface area contributed by atoms with E-state index in [0.29, 0.717) is 34.1 Å². The van der Waals surface area contributed by atoms with Crippen molar-refractivity contribution in [3.05, 3.63) is 82.9 Å². The second-order valence-electron chi connectivity index (χ2n) is 8.48. The zero-order valence-corrected chi connectivity index (χ0v) is 19.6. The molecule has 32 heavy (non-hydrogen) atoms. The van der Waals surface area contributed by atoms with Gasteiger partial charge in [-0.05, 0) is 57.3 Å². The van der Waals surface area contributed by atoms with Gasteiger partial charge in [-0.3, -0.25) is 0 Å². The van der Waals surface area contributed by atoms with Crippen LogP contribution in [0.5, 0.6) is 0 Å². The van der Waals surface area contributed by atoms with E-state index in [1.807, 2.05) is 48.5 Å². The van der Waals surface area contributed by atoms with Gasteiger partial charge in [0.15, 0.2) is 0 Å². The Hall–Kier alpha value is -3.40. The molecule has 0 aliphatic heterocycles. The summed E-state index contributed by atoms with van der Waals surface area (Å²) in [7, 11) is 2.72. The Morgan fingerprint density at radius 2 is 0.906 bits per heavy atom. The van der Waals surface area contributed by atoms with Crippen molar-refractivity contribution in [3.63, 3.8) is 0 Å². The highest BCUT2D eigenvalue weighted by Gasteiger charge is 2.22. The summed E-state index contributed by atoms with van der Waals surface area (Å²) in [5.74, 6) is -0.120. The normalized spacial score (nSPS) is 11.0. The van der Waals surface area contributed by atoms with Crippen LogP contribution in [-0.4, -0.2) is 26.2 Å². The lowest BCUT2D eigenvalue weighted by Crippen LogP contribution is -2.09. The van der Waals surface area contributed by atoms with Gasteiger partial charge in [-0.2, -0.15) is 0 Å². The van der Waals surface area contributed by atoms with Crippen molar-refractivity contribution in [2.24, 2.45) is 0 Å². The molecule has 0 aliphatic rings. The Kier molecular flexibility index (Phi) is 7.14. The maximum absolute atomic E-state index is 12.7. The lowest BCUT2D eigenvalue weighted by Gasteiger charge is -2.16. The summed E-state index contributed by atoms with van der Waals surface area (Å²) >= 11 is 0. The van der Waals surface area contributed by atoms with Crippen LogP contribution >= 0.6 is 0 Å². The van der Waals surface area contributed by atoms with Gasteiger partial charge in [0.1, 0.15) is 0 Å². The van der Waals surface area contributed by atoms with Crippen LogP contribution < -0.4 is 0 Å². The monoisotopic (exact) mass is 430 g/mol. The van der Waals surface area contributed by atoms with Crippen LogP contribution in [0.1, 0.15) is 71.4 Å². The topological polar surface area (TPSA) is 52.6 Å². The third kappa shape index (κ3) is 4.75. The van der Waals surface area contributed by atoms with Gasteiger partial charge in [-0.15, -0.1) is 0 Å². The molecule has 3 aromatic carbocycles. The fourth-order valence-electron chi connectivity index (χ4n) is 3.73. The van der Waals surface area contributed by atoms with Gasteiger partial charge < -0.3 is 9.47 Å². The van der Waals surface area contributed by atoms with E-state index in [0.717, 1.165) is 11.1 Å². The van der Waals surface area contributed by atoms with Crippen molar-refractivity contribution in [3.8, 4) is 22.3 Å². The molecule has 0 saturated heterocycles. The number of hydrogen-bond donors (Lipinski definition) is 0.